The first-order valence-corrected chi connectivity index (χ1v) is 26.5. The van der Waals surface area contributed by atoms with Crippen molar-refractivity contribution in [3.63, 3.8) is 0 Å². The molecular formula is C58H70BF6O5P. The predicted octanol–water partition coefficient (Wildman–Crippen LogP) is 15.6. The molecule has 5 aromatic carbocycles. The van der Waals surface area contributed by atoms with Gasteiger partial charge in [-0.25, -0.2) is 8.78 Å². The molecule has 0 aliphatic heterocycles. The van der Waals surface area contributed by atoms with Gasteiger partial charge in [0.05, 0.1) is 0 Å². The fraction of sp³-hybridized carbons (Fsp3) is 0.483. The molecule has 0 amide bonds. The van der Waals surface area contributed by atoms with E-state index in [1.807, 2.05) is 113 Å². The van der Waals surface area contributed by atoms with Crippen LogP contribution in [0.25, 0.3) is 0 Å². The van der Waals surface area contributed by atoms with E-state index >= 15 is 17.6 Å². The van der Waals surface area contributed by atoms with E-state index in [1.165, 1.54) is 0 Å². The molecule has 0 spiro atoms. The van der Waals surface area contributed by atoms with Gasteiger partial charge in [0.2, 0.25) is 0 Å². The van der Waals surface area contributed by atoms with Gasteiger partial charge >= 0.3 is 19.5 Å². The Kier molecular flexibility index (Phi) is 16.8. The highest BCUT2D eigenvalue weighted by Gasteiger charge is 2.44. The third-order valence-corrected chi connectivity index (χ3v) is 17.3. The summed E-state index contributed by atoms with van der Waals surface area (Å²) in [4.78, 5) is 0. The Morgan fingerprint density at radius 1 is 0.451 bits per heavy atom. The first-order valence-electron chi connectivity index (χ1n) is 25.1. The average Bonchev–Trinajstić information content (AvgIpc) is 3.29. The number of ether oxygens (including phenoxy) is 2. The molecule has 1 atom stereocenters. The topological polar surface area (TPSA) is 46.2 Å². The maximum absolute atomic E-state index is 15.9. The van der Waals surface area contributed by atoms with Gasteiger partial charge in [0.1, 0.15) is 28.7 Å². The van der Waals surface area contributed by atoms with Gasteiger partial charge in [-0.15, -0.1) is 0 Å². The van der Waals surface area contributed by atoms with Crippen LogP contribution in [0.2, 0.25) is 0 Å². The molecule has 0 aromatic heterocycles. The molecule has 0 bridgehead atoms. The Balaban J connectivity index is 1.57. The standard InChI is InChI=1S/C58H70BF6O5P/c1-33-23-36(4)51(37(5)24-33)68-59(69-52-38(6)25-34(2)26-39(52)7)70-53-40(8)29-43(11)56(44(53)12)71(55-41(9)27-35(3)28-42(55)10)48-30-47(66-57(62,63)31-60)49(45-19-15-13-16-20-45)54(67-58(64,65)32-61)50(48)46-21-17-14-18-22-46/h23-30,45-46H,13-22,31-32H2,1-12H3. The Morgan fingerprint density at radius 2 is 0.831 bits per heavy atom. The van der Waals surface area contributed by atoms with Crippen LogP contribution < -0.4 is 39.4 Å². The summed E-state index contributed by atoms with van der Waals surface area (Å²) in [5.74, 6) is 0.0152. The van der Waals surface area contributed by atoms with E-state index in [9.17, 15) is 8.78 Å². The van der Waals surface area contributed by atoms with Gasteiger partial charge in [0.25, 0.3) is 0 Å². The minimum absolute atomic E-state index is 0.0319. The Labute approximate surface area is 419 Å². The highest BCUT2D eigenvalue weighted by atomic mass is 31.1. The first kappa shape index (κ1) is 54.0. The van der Waals surface area contributed by atoms with Crippen LogP contribution in [0, 0.1) is 83.1 Å². The van der Waals surface area contributed by atoms with Gasteiger partial charge in [-0.05, 0) is 201 Å². The highest BCUT2D eigenvalue weighted by Crippen LogP contribution is 2.54. The van der Waals surface area contributed by atoms with Crippen molar-refractivity contribution in [3.05, 3.63) is 126 Å². The molecule has 0 saturated heterocycles. The van der Waals surface area contributed by atoms with Crippen molar-refractivity contribution in [2.45, 2.75) is 171 Å². The number of halogens is 6. The van der Waals surface area contributed by atoms with Crippen LogP contribution in [-0.2, 0) is 0 Å². The summed E-state index contributed by atoms with van der Waals surface area (Å²) in [5, 5.41) is 2.12. The van der Waals surface area contributed by atoms with E-state index in [-0.39, 0.29) is 17.2 Å². The molecule has 13 heteroatoms. The second-order valence-electron chi connectivity index (χ2n) is 20.5. The average molecular weight is 1000 g/mol. The quantitative estimate of drug-likeness (QED) is 0.0528. The van der Waals surface area contributed by atoms with Gasteiger partial charge in [-0.3, -0.25) is 0 Å². The molecule has 0 N–H and O–H groups in total. The zero-order chi connectivity index (χ0) is 51.7. The second kappa shape index (κ2) is 22.1. The van der Waals surface area contributed by atoms with Crippen molar-refractivity contribution < 1.29 is 49.8 Å². The second-order valence-corrected chi connectivity index (χ2v) is 22.5. The van der Waals surface area contributed by atoms with Crippen LogP contribution in [0.4, 0.5) is 26.3 Å². The van der Waals surface area contributed by atoms with Gasteiger partial charge in [-0.1, -0.05) is 97.7 Å². The number of alkyl halides is 6. The minimum atomic E-state index is -4.31. The lowest BCUT2D eigenvalue weighted by Crippen LogP contribution is -2.39. The monoisotopic (exact) mass is 1000 g/mol. The zero-order valence-electron chi connectivity index (χ0n) is 43.6. The first-order chi connectivity index (χ1) is 33.5. The van der Waals surface area contributed by atoms with Crippen molar-refractivity contribution >= 4 is 31.2 Å². The van der Waals surface area contributed by atoms with Crippen LogP contribution in [0.3, 0.4) is 0 Å². The largest absolute Gasteiger partial charge is 0.864 e. The van der Waals surface area contributed by atoms with E-state index in [0.29, 0.717) is 72.2 Å². The van der Waals surface area contributed by atoms with Crippen molar-refractivity contribution in [1.29, 1.82) is 0 Å². The lowest BCUT2D eigenvalue weighted by Gasteiger charge is -2.37. The zero-order valence-corrected chi connectivity index (χ0v) is 44.5. The summed E-state index contributed by atoms with van der Waals surface area (Å²) >= 11 is 0. The van der Waals surface area contributed by atoms with Gasteiger partial charge < -0.3 is 23.4 Å². The third-order valence-electron chi connectivity index (χ3n) is 14.2. The van der Waals surface area contributed by atoms with Gasteiger partial charge in [0.15, 0.2) is 13.3 Å². The molecule has 0 heterocycles. The summed E-state index contributed by atoms with van der Waals surface area (Å²) in [7, 11) is -3.23. The normalized spacial score (nSPS) is 15.4. The predicted molar refractivity (Wildman–Crippen MR) is 277 cm³/mol. The molecular weight excluding hydrogens is 932 g/mol. The van der Waals surface area contributed by atoms with Crippen LogP contribution in [0.15, 0.2) is 48.5 Å². The Hall–Kier alpha value is -4.83. The molecule has 382 valence electrons. The molecule has 1 unspecified atom stereocenters. The van der Waals surface area contributed by atoms with E-state index in [0.717, 1.165) is 97.5 Å². The van der Waals surface area contributed by atoms with E-state index in [4.69, 9.17) is 23.4 Å². The molecule has 2 aliphatic carbocycles. The van der Waals surface area contributed by atoms with Crippen LogP contribution in [0.5, 0.6) is 28.7 Å². The van der Waals surface area contributed by atoms with Gasteiger partial charge in [0, 0.05) is 11.1 Å². The van der Waals surface area contributed by atoms with Crippen molar-refractivity contribution in [1.82, 2.24) is 0 Å². The lowest BCUT2D eigenvalue weighted by atomic mass is 9.78. The molecule has 71 heavy (non-hydrogen) atoms. The lowest BCUT2D eigenvalue weighted by molar-refractivity contribution is -0.190. The molecule has 2 aliphatic rings. The summed E-state index contributed by atoms with van der Waals surface area (Å²) in [6.07, 6.45) is -1.63. The molecule has 5 aromatic rings. The van der Waals surface area contributed by atoms with E-state index < -0.39 is 52.5 Å². The maximum Gasteiger partial charge on any atom is 0.864 e. The molecule has 5 nitrogen and oxygen atoms in total. The summed E-state index contributed by atoms with van der Waals surface area (Å²) in [6, 6.07) is 15.8. The fourth-order valence-electron chi connectivity index (χ4n) is 11.6. The fourth-order valence-corrected chi connectivity index (χ4v) is 14.8. The molecule has 7 rings (SSSR count). The SMILES string of the molecule is Cc1cc(C)c(OB(Oc2c(C)cc(C)cc2C)Oc2c(C)cc(C)c(P(c3cc(OC(F)(F)CF)c(C4CCCCC4)c(OC(F)(F)CF)c3C3CCCCC3)c3c(C)cc(C)cc3C)c2C)c(C)c1. The number of rotatable bonds is 17. The number of aryl methyl sites for hydroxylation is 11. The molecule has 0 radical (unpaired) electrons. The highest BCUT2D eigenvalue weighted by molar-refractivity contribution is 7.80. The summed E-state index contributed by atoms with van der Waals surface area (Å²) in [6.45, 7) is 19.5. The summed E-state index contributed by atoms with van der Waals surface area (Å²) < 4.78 is 124. The number of benzene rings is 5. The number of hydrogen-bond acceptors (Lipinski definition) is 5. The van der Waals surface area contributed by atoms with Crippen molar-refractivity contribution in [2.75, 3.05) is 13.3 Å². The van der Waals surface area contributed by atoms with Crippen LogP contribution >= 0.6 is 7.92 Å². The Morgan fingerprint density at radius 3 is 1.28 bits per heavy atom. The smallest absolute Gasteiger partial charge is 0.489 e. The summed E-state index contributed by atoms with van der Waals surface area (Å²) in [5.41, 5.74) is 11.3. The molecule has 2 fully saturated rings. The van der Waals surface area contributed by atoms with Gasteiger partial charge in [-0.2, -0.15) is 17.6 Å². The molecule has 2 saturated carbocycles. The van der Waals surface area contributed by atoms with Crippen molar-refractivity contribution in [3.8, 4) is 28.7 Å². The van der Waals surface area contributed by atoms with Crippen LogP contribution in [0.1, 0.15) is 154 Å². The number of hydrogen-bond donors (Lipinski definition) is 0. The minimum Gasteiger partial charge on any atom is -0.489 e. The van der Waals surface area contributed by atoms with Crippen LogP contribution in [-0.4, -0.2) is 32.9 Å². The Bertz CT molecular complexity index is 2620. The van der Waals surface area contributed by atoms with E-state index in [2.05, 4.69) is 12.1 Å². The van der Waals surface area contributed by atoms with Crippen molar-refractivity contribution in [2.24, 2.45) is 0 Å². The van der Waals surface area contributed by atoms with E-state index in [1.54, 1.807) is 6.07 Å². The third kappa shape index (κ3) is 12.0. The maximum atomic E-state index is 15.9.